The second-order valence-electron chi connectivity index (χ2n) is 12.3. The van der Waals surface area contributed by atoms with E-state index in [0.717, 1.165) is 24.0 Å². The molecule has 0 bridgehead atoms. The molecule has 1 aliphatic heterocycles. The SMILES string of the molecule is O=C(O)CCNC(=O)c1ccc(CC(C(=O)Nc2ccc3c(c2)C(=O)N(C2CC2)C3=O)c2ccc(C3CCCCC3)cc2)cc1. The Balaban J connectivity index is 1.21. The van der Waals surface area contributed by atoms with E-state index in [1.165, 1.54) is 42.6 Å². The van der Waals surface area contributed by atoms with E-state index in [0.29, 0.717) is 34.7 Å². The van der Waals surface area contributed by atoms with Gasteiger partial charge >= 0.3 is 5.97 Å². The van der Waals surface area contributed by atoms with Gasteiger partial charge in [0.25, 0.3) is 17.7 Å². The second kappa shape index (κ2) is 13.1. The standard InChI is InChI=1S/C36H37N3O6/c40-32(41)18-19-37-33(42)26-8-6-22(7-9-26)20-30(25-12-10-24(11-13-25)23-4-2-1-3-5-23)34(43)38-27-14-17-29-31(21-27)36(45)39(35(29)44)28-15-16-28/h6-14,17,21,23,28,30H,1-5,15-16,18-20H2,(H,37,42)(H,38,43)(H,40,41). The number of carbonyl (C=O) groups excluding carboxylic acids is 4. The Bertz CT molecular complexity index is 1620. The van der Waals surface area contributed by atoms with Crippen molar-refractivity contribution in [1.82, 2.24) is 10.2 Å². The van der Waals surface area contributed by atoms with Crippen LogP contribution in [0.4, 0.5) is 5.69 Å². The molecule has 2 fully saturated rings. The molecule has 0 aromatic heterocycles. The predicted octanol–water partition coefficient (Wildman–Crippen LogP) is 5.66. The van der Waals surface area contributed by atoms with Gasteiger partial charge in [-0.25, -0.2) is 0 Å². The van der Waals surface area contributed by atoms with E-state index in [4.69, 9.17) is 5.11 Å². The van der Waals surface area contributed by atoms with E-state index >= 15 is 0 Å². The van der Waals surface area contributed by atoms with Crippen molar-refractivity contribution >= 4 is 35.3 Å². The fourth-order valence-corrected chi connectivity index (χ4v) is 6.44. The minimum atomic E-state index is -0.984. The van der Waals surface area contributed by atoms with E-state index in [-0.39, 0.29) is 42.6 Å². The van der Waals surface area contributed by atoms with Gasteiger partial charge < -0.3 is 15.7 Å². The van der Waals surface area contributed by atoms with E-state index < -0.39 is 11.9 Å². The fourth-order valence-electron chi connectivity index (χ4n) is 6.44. The van der Waals surface area contributed by atoms with E-state index in [9.17, 15) is 24.0 Å². The van der Waals surface area contributed by atoms with Crippen molar-refractivity contribution in [3.05, 3.63) is 100 Å². The first kappa shape index (κ1) is 30.2. The van der Waals surface area contributed by atoms with Crippen molar-refractivity contribution < 1.29 is 29.1 Å². The number of carbonyl (C=O) groups is 5. The van der Waals surface area contributed by atoms with Crippen LogP contribution in [0.3, 0.4) is 0 Å². The Kier molecular flexibility index (Phi) is 8.78. The van der Waals surface area contributed by atoms with E-state index in [1.54, 1.807) is 42.5 Å². The topological polar surface area (TPSA) is 133 Å². The molecule has 0 saturated heterocycles. The number of carboxylic acids is 1. The number of aliphatic carboxylic acids is 1. The average Bonchev–Trinajstić information content (AvgIpc) is 3.85. The number of imide groups is 1. The summed E-state index contributed by atoms with van der Waals surface area (Å²) in [5, 5.41) is 14.4. The molecule has 0 radical (unpaired) electrons. The molecule has 2 aliphatic carbocycles. The third kappa shape index (κ3) is 6.82. The molecule has 0 spiro atoms. The molecule has 9 nitrogen and oxygen atoms in total. The van der Waals surface area contributed by atoms with Crippen molar-refractivity contribution in [1.29, 1.82) is 0 Å². The molecule has 3 aromatic rings. The summed E-state index contributed by atoms with van der Waals surface area (Å²) in [5.74, 6) is -2.19. The number of carboxylic acid groups (broad SMARTS) is 1. The monoisotopic (exact) mass is 607 g/mol. The van der Waals surface area contributed by atoms with Crippen molar-refractivity contribution in [2.24, 2.45) is 0 Å². The summed E-state index contributed by atoms with van der Waals surface area (Å²) in [6.45, 7) is 0.0378. The number of amides is 4. The largest absolute Gasteiger partial charge is 0.481 e. The highest BCUT2D eigenvalue weighted by molar-refractivity contribution is 6.22. The lowest BCUT2D eigenvalue weighted by Gasteiger charge is -2.23. The Morgan fingerprint density at radius 2 is 1.51 bits per heavy atom. The first-order valence-electron chi connectivity index (χ1n) is 15.8. The molecule has 3 aromatic carbocycles. The molecule has 45 heavy (non-hydrogen) atoms. The third-order valence-corrected chi connectivity index (χ3v) is 9.11. The Labute approximate surface area is 262 Å². The zero-order valence-corrected chi connectivity index (χ0v) is 25.1. The lowest BCUT2D eigenvalue weighted by molar-refractivity contribution is -0.136. The van der Waals surface area contributed by atoms with Crippen LogP contribution in [0.15, 0.2) is 66.7 Å². The van der Waals surface area contributed by atoms with Gasteiger partial charge in [0.1, 0.15) is 0 Å². The number of benzene rings is 3. The van der Waals surface area contributed by atoms with Crippen LogP contribution in [0.2, 0.25) is 0 Å². The molecule has 2 saturated carbocycles. The van der Waals surface area contributed by atoms with Crippen LogP contribution >= 0.6 is 0 Å². The van der Waals surface area contributed by atoms with Gasteiger partial charge in [-0.3, -0.25) is 28.9 Å². The number of hydrogen-bond acceptors (Lipinski definition) is 5. The van der Waals surface area contributed by atoms with Crippen LogP contribution in [0, 0.1) is 0 Å². The van der Waals surface area contributed by atoms with E-state index in [1.807, 2.05) is 12.1 Å². The summed E-state index contributed by atoms with van der Waals surface area (Å²) in [4.78, 5) is 64.2. The van der Waals surface area contributed by atoms with Crippen molar-refractivity contribution in [3.63, 3.8) is 0 Å². The summed E-state index contributed by atoms with van der Waals surface area (Å²) >= 11 is 0. The highest BCUT2D eigenvalue weighted by Crippen LogP contribution is 2.36. The number of rotatable bonds is 11. The highest BCUT2D eigenvalue weighted by atomic mass is 16.4. The Hall–Kier alpha value is -4.79. The molecular weight excluding hydrogens is 570 g/mol. The summed E-state index contributed by atoms with van der Waals surface area (Å²) in [5.41, 5.74) is 4.53. The minimum absolute atomic E-state index is 0.0291. The summed E-state index contributed by atoms with van der Waals surface area (Å²) in [6, 6.07) is 20.1. The van der Waals surface area contributed by atoms with Crippen LogP contribution in [0.5, 0.6) is 0 Å². The third-order valence-electron chi connectivity index (χ3n) is 9.11. The van der Waals surface area contributed by atoms with Crippen molar-refractivity contribution in [2.75, 3.05) is 11.9 Å². The van der Waals surface area contributed by atoms with Gasteiger partial charge in [-0.1, -0.05) is 55.7 Å². The van der Waals surface area contributed by atoms with Gasteiger partial charge in [-0.15, -0.1) is 0 Å². The highest BCUT2D eigenvalue weighted by Gasteiger charge is 2.44. The van der Waals surface area contributed by atoms with Gasteiger partial charge in [0.05, 0.1) is 23.5 Å². The van der Waals surface area contributed by atoms with Gasteiger partial charge in [-0.05, 0) is 85.0 Å². The van der Waals surface area contributed by atoms with Gasteiger partial charge in [-0.2, -0.15) is 0 Å². The lowest BCUT2D eigenvalue weighted by atomic mass is 9.83. The van der Waals surface area contributed by atoms with Gasteiger partial charge in [0.2, 0.25) is 5.91 Å². The summed E-state index contributed by atoms with van der Waals surface area (Å²) in [7, 11) is 0. The van der Waals surface area contributed by atoms with Crippen molar-refractivity contribution in [3.8, 4) is 0 Å². The molecule has 1 heterocycles. The fraction of sp³-hybridized carbons (Fsp3) is 0.361. The van der Waals surface area contributed by atoms with Crippen molar-refractivity contribution in [2.45, 2.75) is 75.7 Å². The van der Waals surface area contributed by atoms with Crippen LogP contribution in [-0.2, 0) is 16.0 Å². The molecule has 4 amide bonds. The first-order valence-corrected chi connectivity index (χ1v) is 15.8. The maximum absolute atomic E-state index is 13.9. The van der Waals surface area contributed by atoms with Crippen LogP contribution in [0.1, 0.15) is 111 Å². The molecular formula is C36H37N3O6. The van der Waals surface area contributed by atoms with Crippen LogP contribution in [0.25, 0.3) is 0 Å². The maximum atomic E-state index is 13.9. The molecule has 6 rings (SSSR count). The number of hydrogen-bond donors (Lipinski definition) is 3. The number of fused-ring (bicyclic) bond motifs is 1. The molecule has 1 unspecified atom stereocenters. The van der Waals surface area contributed by atoms with Gasteiger partial charge in [0, 0.05) is 23.8 Å². The Morgan fingerprint density at radius 1 is 0.822 bits per heavy atom. The minimum Gasteiger partial charge on any atom is -0.481 e. The summed E-state index contributed by atoms with van der Waals surface area (Å²) < 4.78 is 0. The zero-order valence-electron chi connectivity index (χ0n) is 25.1. The molecule has 3 aliphatic rings. The molecule has 232 valence electrons. The lowest BCUT2D eigenvalue weighted by Crippen LogP contribution is -2.31. The smallest absolute Gasteiger partial charge is 0.305 e. The Morgan fingerprint density at radius 3 is 2.18 bits per heavy atom. The number of nitrogens with one attached hydrogen (secondary N) is 2. The first-order chi connectivity index (χ1) is 21.8. The molecule has 1 atom stereocenters. The molecule has 3 N–H and O–H groups in total. The quantitative estimate of drug-likeness (QED) is 0.241. The van der Waals surface area contributed by atoms with Crippen LogP contribution < -0.4 is 10.6 Å². The molecule has 9 heteroatoms. The zero-order chi connectivity index (χ0) is 31.5. The summed E-state index contributed by atoms with van der Waals surface area (Å²) in [6.07, 6.45) is 7.96. The normalized spacial score (nSPS) is 17.1. The number of nitrogens with zero attached hydrogens (tertiary/aromatic N) is 1. The van der Waals surface area contributed by atoms with E-state index in [2.05, 4.69) is 22.8 Å². The van der Waals surface area contributed by atoms with Crippen LogP contribution in [-0.4, -0.2) is 52.2 Å². The average molecular weight is 608 g/mol. The predicted molar refractivity (Wildman–Crippen MR) is 168 cm³/mol. The maximum Gasteiger partial charge on any atom is 0.305 e. The number of anilines is 1. The van der Waals surface area contributed by atoms with Gasteiger partial charge in [0.15, 0.2) is 0 Å². The second-order valence-corrected chi connectivity index (χ2v) is 12.3.